The molecular weight excluding hydrogens is 354 g/mol. The van der Waals surface area contributed by atoms with Gasteiger partial charge in [0, 0.05) is 24.0 Å². The van der Waals surface area contributed by atoms with Crippen molar-refractivity contribution in [1.82, 2.24) is 16.0 Å². The summed E-state index contributed by atoms with van der Waals surface area (Å²) in [5, 5.41) is 9.26. The Bertz CT molecular complexity index is 560. The van der Waals surface area contributed by atoms with Crippen LogP contribution in [-0.4, -0.2) is 37.7 Å². The van der Waals surface area contributed by atoms with Gasteiger partial charge in [-0.15, -0.1) is 0 Å². The number of carbonyl (C=O) groups is 2. The van der Waals surface area contributed by atoms with Crippen LogP contribution < -0.4 is 20.7 Å². The smallest absolute Gasteiger partial charge is 0.315 e. The Morgan fingerprint density at radius 2 is 1.77 bits per heavy atom. The summed E-state index contributed by atoms with van der Waals surface area (Å²) in [6.07, 6.45) is 6.76. The number of hydrogen-bond donors (Lipinski definition) is 3. The van der Waals surface area contributed by atoms with Gasteiger partial charge in [0.2, 0.25) is 5.91 Å². The number of rotatable bonds is 9. The summed E-state index contributed by atoms with van der Waals surface area (Å²) in [6.45, 7) is 1.33. The first kappa shape index (κ1) is 20.4. The number of benzene rings is 1. The van der Waals surface area contributed by atoms with Gasteiger partial charge >= 0.3 is 6.03 Å². The van der Waals surface area contributed by atoms with Crippen LogP contribution in [-0.2, 0) is 4.79 Å². The summed E-state index contributed by atoms with van der Waals surface area (Å²) in [7, 11) is 0. The number of ether oxygens (including phenoxy) is 1. The van der Waals surface area contributed by atoms with Gasteiger partial charge in [0.05, 0.1) is 6.54 Å². The van der Waals surface area contributed by atoms with Crippen LogP contribution in [0.4, 0.5) is 4.79 Å². The molecule has 0 bridgehead atoms. The summed E-state index contributed by atoms with van der Waals surface area (Å²) in [5.74, 6) is 0.677. The quantitative estimate of drug-likeness (QED) is 0.574. The minimum atomic E-state index is -0.131. The van der Waals surface area contributed by atoms with Gasteiger partial charge in [0.15, 0.2) is 0 Å². The molecule has 0 saturated heterocycles. The second kappa shape index (κ2) is 11.6. The van der Waals surface area contributed by atoms with Crippen molar-refractivity contribution in [3.05, 3.63) is 29.3 Å². The normalized spacial score (nSPS) is 14.5. The number of urea groups is 1. The molecule has 3 N–H and O–H groups in total. The maximum absolute atomic E-state index is 11.8. The molecule has 0 aliphatic heterocycles. The molecular formula is C19H28ClN3O3. The highest BCUT2D eigenvalue weighted by Gasteiger charge is 2.15. The van der Waals surface area contributed by atoms with Crippen molar-refractivity contribution in [2.24, 2.45) is 0 Å². The van der Waals surface area contributed by atoms with E-state index in [1.807, 2.05) is 0 Å². The molecule has 0 aromatic heterocycles. The first-order chi connectivity index (χ1) is 12.6. The number of nitrogens with one attached hydrogen (secondary N) is 3. The van der Waals surface area contributed by atoms with E-state index < -0.39 is 0 Å². The van der Waals surface area contributed by atoms with Crippen molar-refractivity contribution in [3.63, 3.8) is 0 Å². The Morgan fingerprint density at radius 3 is 2.50 bits per heavy atom. The van der Waals surface area contributed by atoms with E-state index in [1.54, 1.807) is 24.3 Å². The molecule has 1 saturated carbocycles. The standard InChI is InChI=1S/C19H28ClN3O3/c20-15-8-10-17(11-9-15)26-14-13-21-18(24)7-4-12-22-19(25)23-16-5-2-1-3-6-16/h8-11,16H,1-7,12-14H2,(H,21,24)(H2,22,23,25). The largest absolute Gasteiger partial charge is 0.492 e. The predicted octanol–water partition coefficient (Wildman–Crippen LogP) is 3.25. The molecule has 2 rings (SSSR count). The molecule has 3 amide bonds. The molecule has 7 heteroatoms. The van der Waals surface area contributed by atoms with Crippen LogP contribution in [0.25, 0.3) is 0 Å². The highest BCUT2D eigenvalue weighted by atomic mass is 35.5. The minimum Gasteiger partial charge on any atom is -0.492 e. The summed E-state index contributed by atoms with van der Waals surface area (Å²) >= 11 is 5.80. The molecule has 1 aromatic carbocycles. The fourth-order valence-electron chi connectivity index (χ4n) is 2.91. The van der Waals surface area contributed by atoms with E-state index in [-0.39, 0.29) is 11.9 Å². The van der Waals surface area contributed by atoms with Crippen LogP contribution in [0.15, 0.2) is 24.3 Å². The summed E-state index contributed by atoms with van der Waals surface area (Å²) in [5.41, 5.74) is 0. The highest BCUT2D eigenvalue weighted by Crippen LogP contribution is 2.17. The first-order valence-electron chi connectivity index (χ1n) is 9.33. The third-order valence-corrected chi connectivity index (χ3v) is 4.57. The molecule has 0 radical (unpaired) electrons. The average molecular weight is 382 g/mol. The molecule has 1 aliphatic carbocycles. The number of halogens is 1. The van der Waals surface area contributed by atoms with Gasteiger partial charge < -0.3 is 20.7 Å². The lowest BCUT2D eigenvalue weighted by atomic mass is 9.96. The van der Waals surface area contributed by atoms with Crippen molar-refractivity contribution in [1.29, 1.82) is 0 Å². The summed E-state index contributed by atoms with van der Waals surface area (Å²) in [6, 6.07) is 7.25. The number of carbonyl (C=O) groups excluding carboxylic acids is 2. The van der Waals surface area contributed by atoms with Crippen LogP contribution >= 0.6 is 11.6 Å². The fourth-order valence-corrected chi connectivity index (χ4v) is 3.04. The number of amides is 3. The Morgan fingerprint density at radius 1 is 1.04 bits per heavy atom. The predicted molar refractivity (Wildman–Crippen MR) is 103 cm³/mol. The van der Waals surface area contributed by atoms with Crippen molar-refractivity contribution in [2.75, 3.05) is 19.7 Å². The molecule has 1 aromatic rings. The van der Waals surface area contributed by atoms with E-state index in [1.165, 1.54) is 19.3 Å². The van der Waals surface area contributed by atoms with E-state index in [4.69, 9.17) is 16.3 Å². The molecule has 0 spiro atoms. The second-order valence-corrected chi connectivity index (χ2v) is 6.93. The Labute approximate surface area is 160 Å². The van der Waals surface area contributed by atoms with Crippen molar-refractivity contribution < 1.29 is 14.3 Å². The third kappa shape index (κ3) is 8.43. The van der Waals surface area contributed by atoms with Gasteiger partial charge in [0.25, 0.3) is 0 Å². The van der Waals surface area contributed by atoms with E-state index >= 15 is 0 Å². The minimum absolute atomic E-state index is 0.0424. The van der Waals surface area contributed by atoms with Crippen LogP contribution in [0.5, 0.6) is 5.75 Å². The van der Waals surface area contributed by atoms with Gasteiger partial charge in [-0.1, -0.05) is 30.9 Å². The van der Waals surface area contributed by atoms with Crippen LogP contribution in [0.2, 0.25) is 5.02 Å². The zero-order chi connectivity index (χ0) is 18.6. The number of hydrogen-bond acceptors (Lipinski definition) is 3. The lowest BCUT2D eigenvalue weighted by molar-refractivity contribution is -0.121. The van der Waals surface area contributed by atoms with E-state index in [0.29, 0.717) is 43.6 Å². The zero-order valence-corrected chi connectivity index (χ0v) is 15.8. The van der Waals surface area contributed by atoms with Crippen LogP contribution in [0.1, 0.15) is 44.9 Å². The molecule has 1 fully saturated rings. The van der Waals surface area contributed by atoms with E-state index in [9.17, 15) is 9.59 Å². The molecule has 1 aliphatic rings. The molecule has 0 unspecified atom stereocenters. The van der Waals surface area contributed by atoms with Gasteiger partial charge in [-0.3, -0.25) is 4.79 Å². The lowest BCUT2D eigenvalue weighted by Crippen LogP contribution is -2.43. The van der Waals surface area contributed by atoms with E-state index in [0.717, 1.165) is 18.6 Å². The monoisotopic (exact) mass is 381 g/mol. The Balaban J connectivity index is 1.45. The average Bonchev–Trinajstić information content (AvgIpc) is 2.65. The van der Waals surface area contributed by atoms with Gasteiger partial charge in [-0.25, -0.2) is 4.79 Å². The summed E-state index contributed by atoms with van der Waals surface area (Å²) in [4.78, 5) is 23.5. The molecule has 0 atom stereocenters. The Hall–Kier alpha value is -1.95. The molecule has 26 heavy (non-hydrogen) atoms. The van der Waals surface area contributed by atoms with Gasteiger partial charge in [0.1, 0.15) is 12.4 Å². The summed E-state index contributed by atoms with van der Waals surface area (Å²) < 4.78 is 5.50. The van der Waals surface area contributed by atoms with Crippen molar-refractivity contribution in [3.8, 4) is 5.75 Å². The second-order valence-electron chi connectivity index (χ2n) is 6.49. The topological polar surface area (TPSA) is 79.5 Å². The molecule has 0 heterocycles. The van der Waals surface area contributed by atoms with Gasteiger partial charge in [-0.05, 0) is 43.5 Å². The highest BCUT2D eigenvalue weighted by molar-refractivity contribution is 6.30. The first-order valence-corrected chi connectivity index (χ1v) is 9.71. The zero-order valence-electron chi connectivity index (χ0n) is 15.1. The maximum atomic E-state index is 11.8. The molecule has 144 valence electrons. The van der Waals surface area contributed by atoms with E-state index in [2.05, 4.69) is 16.0 Å². The Kier molecular flexibility index (Phi) is 9.10. The van der Waals surface area contributed by atoms with Crippen molar-refractivity contribution in [2.45, 2.75) is 51.0 Å². The van der Waals surface area contributed by atoms with Crippen LogP contribution in [0.3, 0.4) is 0 Å². The fraction of sp³-hybridized carbons (Fsp3) is 0.579. The van der Waals surface area contributed by atoms with Crippen LogP contribution in [0, 0.1) is 0 Å². The third-order valence-electron chi connectivity index (χ3n) is 4.31. The SMILES string of the molecule is O=C(CCCNC(=O)NC1CCCCC1)NCCOc1ccc(Cl)cc1. The van der Waals surface area contributed by atoms with Gasteiger partial charge in [-0.2, -0.15) is 0 Å². The lowest BCUT2D eigenvalue weighted by Gasteiger charge is -2.22. The molecule has 6 nitrogen and oxygen atoms in total. The van der Waals surface area contributed by atoms with Crippen molar-refractivity contribution >= 4 is 23.5 Å². The maximum Gasteiger partial charge on any atom is 0.315 e.